The van der Waals surface area contributed by atoms with Crippen LogP contribution in [-0.4, -0.2) is 23.5 Å². The molecular weight excluding hydrogens is 350 g/mol. The first-order chi connectivity index (χ1) is 13.6. The van der Waals surface area contributed by atoms with E-state index in [4.69, 9.17) is 4.74 Å². The Morgan fingerprint density at radius 2 is 1.75 bits per heavy atom. The number of carbonyl (C=O) groups is 1. The van der Waals surface area contributed by atoms with E-state index < -0.39 is 0 Å². The maximum absolute atomic E-state index is 12.8. The molecular formula is C23H25N3O2. The molecule has 1 N–H and O–H groups in total. The van der Waals surface area contributed by atoms with Crippen LogP contribution in [0.25, 0.3) is 0 Å². The number of aromatic nitrogens is 1. The van der Waals surface area contributed by atoms with Gasteiger partial charge >= 0.3 is 0 Å². The van der Waals surface area contributed by atoms with E-state index in [0.29, 0.717) is 12.2 Å². The van der Waals surface area contributed by atoms with Crippen molar-refractivity contribution < 1.29 is 9.53 Å². The van der Waals surface area contributed by atoms with E-state index in [1.54, 1.807) is 17.2 Å². The van der Waals surface area contributed by atoms with E-state index in [1.807, 2.05) is 81.4 Å². The highest BCUT2D eigenvalue weighted by Crippen LogP contribution is 2.28. The fourth-order valence-corrected chi connectivity index (χ4v) is 2.87. The molecule has 0 spiro atoms. The SMILES string of the molecule is CCN(C(=O)c1ccc(Nc2ccccc2OC(C)C)cn1)c1ccccc1. The van der Waals surface area contributed by atoms with Crippen molar-refractivity contribution in [1.29, 1.82) is 0 Å². The summed E-state index contributed by atoms with van der Waals surface area (Å²) < 4.78 is 5.83. The van der Waals surface area contributed by atoms with Crippen LogP contribution < -0.4 is 15.0 Å². The molecule has 0 bridgehead atoms. The average Bonchev–Trinajstić information content (AvgIpc) is 2.71. The van der Waals surface area contributed by atoms with Gasteiger partial charge in [0, 0.05) is 12.2 Å². The first kappa shape index (κ1) is 19.4. The number of amides is 1. The quantitative estimate of drug-likeness (QED) is 0.610. The third-order valence-corrected chi connectivity index (χ3v) is 4.14. The first-order valence-electron chi connectivity index (χ1n) is 9.44. The van der Waals surface area contributed by atoms with Gasteiger partial charge in [0.25, 0.3) is 5.91 Å². The Kier molecular flexibility index (Phi) is 6.27. The zero-order valence-electron chi connectivity index (χ0n) is 16.4. The number of pyridine rings is 1. The predicted octanol–water partition coefficient (Wildman–Crippen LogP) is 5.28. The van der Waals surface area contributed by atoms with Gasteiger partial charge in [-0.1, -0.05) is 30.3 Å². The lowest BCUT2D eigenvalue weighted by atomic mass is 10.2. The summed E-state index contributed by atoms with van der Waals surface area (Å²) in [5, 5.41) is 3.31. The third-order valence-electron chi connectivity index (χ3n) is 4.14. The summed E-state index contributed by atoms with van der Waals surface area (Å²) in [6.45, 7) is 6.51. The zero-order chi connectivity index (χ0) is 19.9. The third kappa shape index (κ3) is 4.68. The summed E-state index contributed by atoms with van der Waals surface area (Å²) in [6, 6.07) is 21.0. The number of carbonyl (C=O) groups excluding carboxylic acids is 1. The van der Waals surface area contributed by atoms with E-state index in [0.717, 1.165) is 22.8 Å². The van der Waals surface area contributed by atoms with Gasteiger partial charge < -0.3 is 15.0 Å². The number of ether oxygens (including phenoxy) is 1. The van der Waals surface area contributed by atoms with Gasteiger partial charge in [0.1, 0.15) is 11.4 Å². The smallest absolute Gasteiger partial charge is 0.276 e. The molecule has 28 heavy (non-hydrogen) atoms. The minimum Gasteiger partial charge on any atom is -0.489 e. The van der Waals surface area contributed by atoms with E-state index in [2.05, 4.69) is 10.3 Å². The topological polar surface area (TPSA) is 54.5 Å². The summed E-state index contributed by atoms with van der Waals surface area (Å²) >= 11 is 0. The van der Waals surface area contributed by atoms with E-state index in [-0.39, 0.29) is 12.0 Å². The van der Waals surface area contributed by atoms with Crippen molar-refractivity contribution in [2.75, 3.05) is 16.8 Å². The van der Waals surface area contributed by atoms with Crippen LogP contribution in [0.4, 0.5) is 17.1 Å². The molecule has 0 unspecified atom stereocenters. The lowest BCUT2D eigenvalue weighted by Crippen LogP contribution is -2.31. The highest BCUT2D eigenvalue weighted by atomic mass is 16.5. The van der Waals surface area contributed by atoms with Crippen LogP contribution >= 0.6 is 0 Å². The van der Waals surface area contributed by atoms with Crippen LogP contribution in [0.5, 0.6) is 5.75 Å². The van der Waals surface area contributed by atoms with Crippen LogP contribution in [0.3, 0.4) is 0 Å². The van der Waals surface area contributed by atoms with Crippen molar-refractivity contribution >= 4 is 23.0 Å². The van der Waals surface area contributed by atoms with Crippen LogP contribution in [0.15, 0.2) is 72.9 Å². The molecule has 0 radical (unpaired) electrons. The number of nitrogens with zero attached hydrogens (tertiary/aromatic N) is 2. The highest BCUT2D eigenvalue weighted by molar-refractivity contribution is 6.04. The Balaban J connectivity index is 1.76. The number of anilines is 3. The van der Waals surface area contributed by atoms with Gasteiger partial charge in [-0.05, 0) is 57.2 Å². The molecule has 5 heteroatoms. The molecule has 0 saturated carbocycles. The molecule has 5 nitrogen and oxygen atoms in total. The molecule has 0 aliphatic heterocycles. The fraction of sp³-hybridized carbons (Fsp3) is 0.217. The van der Waals surface area contributed by atoms with Crippen molar-refractivity contribution in [2.24, 2.45) is 0 Å². The van der Waals surface area contributed by atoms with Gasteiger partial charge in [0.05, 0.1) is 23.7 Å². The number of hydrogen-bond donors (Lipinski definition) is 1. The number of hydrogen-bond acceptors (Lipinski definition) is 4. The van der Waals surface area contributed by atoms with Crippen LogP contribution in [0.1, 0.15) is 31.3 Å². The summed E-state index contributed by atoms with van der Waals surface area (Å²) in [5.74, 6) is 0.655. The molecule has 0 aliphatic rings. The Morgan fingerprint density at radius 1 is 1.04 bits per heavy atom. The monoisotopic (exact) mass is 375 g/mol. The minimum atomic E-state index is -0.121. The second-order valence-corrected chi connectivity index (χ2v) is 6.60. The lowest BCUT2D eigenvalue weighted by Gasteiger charge is -2.20. The van der Waals surface area contributed by atoms with E-state index >= 15 is 0 Å². The number of nitrogens with one attached hydrogen (secondary N) is 1. The molecule has 3 rings (SSSR count). The maximum atomic E-state index is 12.8. The number of para-hydroxylation sites is 3. The largest absolute Gasteiger partial charge is 0.489 e. The Bertz CT molecular complexity index is 909. The molecule has 3 aromatic rings. The summed E-state index contributed by atoms with van der Waals surface area (Å²) in [7, 11) is 0. The van der Waals surface area contributed by atoms with Gasteiger partial charge in [0.15, 0.2) is 0 Å². The fourth-order valence-electron chi connectivity index (χ4n) is 2.87. The van der Waals surface area contributed by atoms with Crippen LogP contribution in [-0.2, 0) is 0 Å². The van der Waals surface area contributed by atoms with Gasteiger partial charge in [-0.15, -0.1) is 0 Å². The number of rotatable bonds is 7. The zero-order valence-corrected chi connectivity index (χ0v) is 16.4. The van der Waals surface area contributed by atoms with Crippen LogP contribution in [0.2, 0.25) is 0 Å². The standard InChI is InChI=1S/C23H25N3O2/c1-4-26(19-10-6-5-7-11-19)23(27)21-15-14-18(16-24-21)25-20-12-8-9-13-22(20)28-17(2)3/h5-17,25H,4H2,1-3H3. The number of benzene rings is 2. The van der Waals surface area contributed by atoms with Crippen LogP contribution in [0, 0.1) is 0 Å². The van der Waals surface area contributed by atoms with Crippen molar-refractivity contribution in [3.05, 3.63) is 78.6 Å². The molecule has 0 fully saturated rings. The molecule has 0 saturated heterocycles. The molecule has 2 aromatic carbocycles. The van der Waals surface area contributed by atoms with Crippen molar-refractivity contribution in [3.63, 3.8) is 0 Å². The van der Waals surface area contributed by atoms with Crippen molar-refractivity contribution in [1.82, 2.24) is 4.98 Å². The van der Waals surface area contributed by atoms with Gasteiger partial charge in [0.2, 0.25) is 0 Å². The second kappa shape index (κ2) is 9.04. The molecule has 0 atom stereocenters. The van der Waals surface area contributed by atoms with Gasteiger partial charge in [-0.2, -0.15) is 0 Å². The molecule has 1 heterocycles. The van der Waals surface area contributed by atoms with Gasteiger partial charge in [-0.3, -0.25) is 4.79 Å². The average molecular weight is 375 g/mol. The Morgan fingerprint density at radius 3 is 2.39 bits per heavy atom. The molecule has 1 aromatic heterocycles. The van der Waals surface area contributed by atoms with Crippen molar-refractivity contribution in [2.45, 2.75) is 26.9 Å². The van der Waals surface area contributed by atoms with E-state index in [1.165, 1.54) is 0 Å². The first-order valence-corrected chi connectivity index (χ1v) is 9.44. The lowest BCUT2D eigenvalue weighted by molar-refractivity contribution is 0.0983. The molecule has 0 aliphatic carbocycles. The normalized spacial score (nSPS) is 10.6. The Labute approximate surface area is 166 Å². The van der Waals surface area contributed by atoms with Crippen molar-refractivity contribution in [3.8, 4) is 5.75 Å². The second-order valence-electron chi connectivity index (χ2n) is 6.60. The molecule has 144 valence electrons. The predicted molar refractivity (Wildman–Crippen MR) is 114 cm³/mol. The summed E-state index contributed by atoms with van der Waals surface area (Å²) in [6.07, 6.45) is 1.75. The highest BCUT2D eigenvalue weighted by Gasteiger charge is 2.17. The molecule has 1 amide bonds. The van der Waals surface area contributed by atoms with E-state index in [9.17, 15) is 4.79 Å². The maximum Gasteiger partial charge on any atom is 0.276 e. The summed E-state index contributed by atoms with van der Waals surface area (Å²) in [5.41, 5.74) is 2.91. The van der Waals surface area contributed by atoms with Gasteiger partial charge in [-0.25, -0.2) is 4.98 Å². The minimum absolute atomic E-state index is 0.0825. The summed E-state index contributed by atoms with van der Waals surface area (Å²) in [4.78, 5) is 18.9. The Hall–Kier alpha value is -3.34.